The van der Waals surface area contributed by atoms with Gasteiger partial charge in [-0.1, -0.05) is 0 Å². The molecule has 3 rings (SSSR count). The van der Waals surface area contributed by atoms with Crippen molar-refractivity contribution in [1.29, 1.82) is 0 Å². The average molecular weight is 295 g/mol. The van der Waals surface area contributed by atoms with Crippen LogP contribution in [0.2, 0.25) is 0 Å². The highest BCUT2D eigenvalue weighted by Crippen LogP contribution is 2.35. The van der Waals surface area contributed by atoms with Gasteiger partial charge in [-0.3, -0.25) is 0 Å². The average Bonchev–Trinajstić information content (AvgIpc) is 3.15. The standard InChI is InChI=1S/C8H11N7.C2H2O4/c9-13-11-8-10-5-15(12-8)7-4-14-2-1-6(7)3-14;3-1(4)2(5)6/h5-7H,1-4H2;(H,3,4)(H,5,6). The fraction of sp³-hybridized carbons (Fsp3) is 0.600. The molecule has 1 aromatic rings. The van der Waals surface area contributed by atoms with Crippen molar-refractivity contribution in [2.75, 3.05) is 19.6 Å². The number of fused-ring (bicyclic) bond motifs is 2. The zero-order valence-electron chi connectivity index (χ0n) is 10.9. The van der Waals surface area contributed by atoms with Crippen LogP contribution >= 0.6 is 0 Å². The van der Waals surface area contributed by atoms with E-state index in [0.29, 0.717) is 12.0 Å². The summed E-state index contributed by atoms with van der Waals surface area (Å²) in [5.74, 6) is -2.74. The van der Waals surface area contributed by atoms with Gasteiger partial charge in [-0.05, 0) is 29.5 Å². The predicted molar refractivity (Wildman–Crippen MR) is 67.7 cm³/mol. The van der Waals surface area contributed by atoms with Gasteiger partial charge in [-0.25, -0.2) is 19.3 Å². The molecule has 2 aliphatic rings. The van der Waals surface area contributed by atoms with E-state index in [1.165, 1.54) is 19.5 Å². The molecule has 0 amide bonds. The first-order chi connectivity index (χ1) is 10.0. The lowest BCUT2D eigenvalue weighted by Gasteiger charge is -2.21. The molecule has 0 aliphatic carbocycles. The van der Waals surface area contributed by atoms with Crippen molar-refractivity contribution < 1.29 is 19.8 Å². The van der Waals surface area contributed by atoms with Gasteiger partial charge in [0.2, 0.25) is 5.95 Å². The van der Waals surface area contributed by atoms with Crippen LogP contribution in [0.4, 0.5) is 5.95 Å². The highest BCUT2D eigenvalue weighted by molar-refractivity contribution is 6.27. The summed E-state index contributed by atoms with van der Waals surface area (Å²) in [6.45, 7) is 3.42. The van der Waals surface area contributed by atoms with Crippen LogP contribution < -0.4 is 0 Å². The monoisotopic (exact) mass is 295 g/mol. The van der Waals surface area contributed by atoms with Gasteiger partial charge >= 0.3 is 11.9 Å². The summed E-state index contributed by atoms with van der Waals surface area (Å²) >= 11 is 0. The van der Waals surface area contributed by atoms with E-state index in [0.717, 1.165) is 6.54 Å². The Balaban J connectivity index is 0.000000232. The Kier molecular flexibility index (Phi) is 4.36. The highest BCUT2D eigenvalue weighted by atomic mass is 16.4. The van der Waals surface area contributed by atoms with Crippen molar-refractivity contribution >= 4 is 17.9 Å². The molecule has 0 saturated carbocycles. The third kappa shape index (κ3) is 3.46. The van der Waals surface area contributed by atoms with Crippen LogP contribution in [0.5, 0.6) is 0 Å². The van der Waals surface area contributed by atoms with Crippen molar-refractivity contribution in [2.24, 2.45) is 11.0 Å². The second-order valence-electron chi connectivity index (χ2n) is 4.70. The lowest BCUT2D eigenvalue weighted by molar-refractivity contribution is -0.159. The van der Waals surface area contributed by atoms with Crippen LogP contribution in [0.3, 0.4) is 0 Å². The quantitative estimate of drug-likeness (QED) is 0.342. The third-order valence-corrected chi connectivity index (χ3v) is 3.45. The number of carboxylic acids is 2. The minimum Gasteiger partial charge on any atom is -0.473 e. The van der Waals surface area contributed by atoms with Crippen molar-refractivity contribution in [1.82, 2.24) is 19.7 Å². The lowest BCUT2D eigenvalue weighted by atomic mass is 10.0. The molecule has 1 aromatic heterocycles. The van der Waals surface area contributed by atoms with Crippen LogP contribution in [0.25, 0.3) is 10.4 Å². The van der Waals surface area contributed by atoms with Crippen molar-refractivity contribution in [3.63, 3.8) is 0 Å². The summed E-state index contributed by atoms with van der Waals surface area (Å²) in [5.41, 5.74) is 8.26. The number of rotatable bonds is 2. The van der Waals surface area contributed by atoms with Gasteiger partial charge in [0.15, 0.2) is 0 Å². The molecule has 0 aromatic carbocycles. The van der Waals surface area contributed by atoms with E-state index < -0.39 is 11.9 Å². The summed E-state index contributed by atoms with van der Waals surface area (Å²) in [5, 5.41) is 22.3. The Labute approximate surface area is 118 Å². The number of carboxylic acid groups (broad SMARTS) is 2. The van der Waals surface area contributed by atoms with E-state index in [1.807, 2.05) is 4.68 Å². The number of aromatic nitrogens is 3. The fourth-order valence-corrected chi connectivity index (χ4v) is 2.57. The zero-order valence-corrected chi connectivity index (χ0v) is 10.9. The number of carbonyl (C=O) groups is 2. The molecular weight excluding hydrogens is 282 g/mol. The molecule has 0 spiro atoms. The van der Waals surface area contributed by atoms with Crippen molar-refractivity contribution in [2.45, 2.75) is 12.5 Å². The first-order valence-electron chi connectivity index (χ1n) is 6.16. The van der Waals surface area contributed by atoms with Crippen molar-refractivity contribution in [3.8, 4) is 0 Å². The molecule has 112 valence electrons. The predicted octanol–water partition coefficient (Wildman–Crippen LogP) is 0.252. The summed E-state index contributed by atoms with van der Waals surface area (Å²) in [6.07, 6.45) is 2.90. The third-order valence-electron chi connectivity index (χ3n) is 3.45. The molecule has 3 unspecified atom stereocenters. The van der Waals surface area contributed by atoms with Gasteiger partial charge in [0, 0.05) is 18.0 Å². The Hall–Kier alpha value is -2.65. The molecule has 11 heteroatoms. The minimum absolute atomic E-state index is 0.218. The molecule has 2 aliphatic heterocycles. The van der Waals surface area contributed by atoms with Crippen LogP contribution in [-0.2, 0) is 9.59 Å². The number of aliphatic carboxylic acids is 2. The summed E-state index contributed by atoms with van der Waals surface area (Å²) in [6, 6.07) is 0.411. The van der Waals surface area contributed by atoms with E-state index in [9.17, 15) is 0 Å². The van der Waals surface area contributed by atoms with Gasteiger partial charge in [0.25, 0.3) is 0 Å². The van der Waals surface area contributed by atoms with E-state index in [4.69, 9.17) is 25.3 Å². The Morgan fingerprint density at radius 3 is 2.57 bits per heavy atom. The lowest BCUT2D eigenvalue weighted by Crippen LogP contribution is -2.26. The second kappa shape index (κ2) is 6.20. The van der Waals surface area contributed by atoms with Crippen LogP contribution in [0.15, 0.2) is 11.4 Å². The van der Waals surface area contributed by atoms with Gasteiger partial charge in [-0.2, -0.15) is 0 Å². The molecule has 2 N–H and O–H groups in total. The van der Waals surface area contributed by atoms with Gasteiger partial charge < -0.3 is 15.1 Å². The Bertz CT molecular complexity index is 582. The number of azide groups is 1. The SMILES string of the molecule is O=C(O)C(=O)O.[N-]=[N+]=Nc1ncn(C2CN3CCC2C3)n1. The molecule has 21 heavy (non-hydrogen) atoms. The summed E-state index contributed by atoms with van der Waals surface area (Å²) < 4.78 is 1.84. The maximum absolute atomic E-state index is 9.10. The molecule has 2 fully saturated rings. The first-order valence-corrected chi connectivity index (χ1v) is 6.16. The molecule has 2 bridgehead atoms. The Morgan fingerprint density at radius 1 is 1.38 bits per heavy atom. The van der Waals surface area contributed by atoms with E-state index in [1.54, 1.807) is 6.33 Å². The Morgan fingerprint density at radius 2 is 2.10 bits per heavy atom. The zero-order chi connectivity index (χ0) is 15.4. The molecule has 3 heterocycles. The normalized spacial score (nSPS) is 25.6. The van der Waals surface area contributed by atoms with E-state index in [2.05, 4.69) is 25.0 Å². The molecular formula is C10H13N7O4. The maximum atomic E-state index is 9.10. The maximum Gasteiger partial charge on any atom is 0.414 e. The summed E-state index contributed by atoms with van der Waals surface area (Å²) in [4.78, 5) is 27.3. The smallest absolute Gasteiger partial charge is 0.414 e. The molecule has 2 saturated heterocycles. The van der Waals surface area contributed by atoms with Crippen molar-refractivity contribution in [3.05, 3.63) is 16.8 Å². The van der Waals surface area contributed by atoms with Gasteiger partial charge in [0.05, 0.1) is 6.04 Å². The van der Waals surface area contributed by atoms with Crippen LogP contribution in [0, 0.1) is 5.92 Å². The number of nitrogens with zero attached hydrogens (tertiary/aromatic N) is 7. The number of hydrogen-bond donors (Lipinski definition) is 2. The fourth-order valence-electron chi connectivity index (χ4n) is 2.57. The van der Waals surface area contributed by atoms with Gasteiger partial charge in [-0.15, -0.1) is 5.10 Å². The second-order valence-corrected chi connectivity index (χ2v) is 4.70. The van der Waals surface area contributed by atoms with Crippen LogP contribution in [0.1, 0.15) is 12.5 Å². The number of piperidine rings is 1. The highest BCUT2D eigenvalue weighted by Gasteiger charge is 2.39. The van der Waals surface area contributed by atoms with Gasteiger partial charge in [0.1, 0.15) is 6.33 Å². The minimum atomic E-state index is -1.82. The number of hydrogen-bond acceptors (Lipinski definition) is 6. The summed E-state index contributed by atoms with van der Waals surface area (Å²) in [7, 11) is 0. The topological polar surface area (TPSA) is 157 Å². The molecule has 0 radical (unpaired) electrons. The first kappa shape index (κ1) is 14.8. The molecule has 11 nitrogen and oxygen atoms in total. The van der Waals surface area contributed by atoms with E-state index in [-0.39, 0.29) is 5.95 Å². The van der Waals surface area contributed by atoms with E-state index >= 15 is 0 Å². The van der Waals surface area contributed by atoms with Crippen LogP contribution in [-0.4, -0.2) is 61.5 Å². The molecule has 3 atom stereocenters. The largest absolute Gasteiger partial charge is 0.473 e.